The molecule has 166 valence electrons. The summed E-state index contributed by atoms with van der Waals surface area (Å²) < 4.78 is 8.28. The zero-order valence-electron chi connectivity index (χ0n) is 17.7. The molecule has 2 aromatic carbocycles. The van der Waals surface area contributed by atoms with Gasteiger partial charge in [0.15, 0.2) is 10.8 Å². The van der Waals surface area contributed by atoms with E-state index in [1.54, 1.807) is 25.2 Å². The summed E-state index contributed by atoms with van der Waals surface area (Å²) in [5, 5.41) is 0.974. The molecular formula is C24H19ClN4O3S. The maximum atomic E-state index is 13.3. The van der Waals surface area contributed by atoms with E-state index in [2.05, 4.69) is 21.7 Å². The Bertz CT molecular complexity index is 1520. The van der Waals surface area contributed by atoms with E-state index in [9.17, 15) is 9.59 Å². The summed E-state index contributed by atoms with van der Waals surface area (Å²) in [4.78, 5) is 33.1. The van der Waals surface area contributed by atoms with Crippen LogP contribution in [0.25, 0.3) is 16.0 Å². The van der Waals surface area contributed by atoms with Gasteiger partial charge < -0.3 is 9.64 Å². The second kappa shape index (κ2) is 8.87. The fourth-order valence-corrected chi connectivity index (χ4v) is 4.97. The number of aromatic nitrogens is 3. The number of hydrogen-bond acceptors (Lipinski definition) is 6. The van der Waals surface area contributed by atoms with Gasteiger partial charge in [0.1, 0.15) is 4.70 Å². The molecular weight excluding hydrogens is 460 g/mol. The molecule has 33 heavy (non-hydrogen) atoms. The van der Waals surface area contributed by atoms with Crippen molar-refractivity contribution in [1.82, 2.24) is 14.1 Å². The average Bonchev–Trinajstić information content (AvgIpc) is 3.30. The lowest BCUT2D eigenvalue weighted by atomic mass is 10.1. The molecule has 0 unspecified atom stereocenters. The Kier molecular flexibility index (Phi) is 5.77. The third kappa shape index (κ3) is 4.07. The molecule has 1 aliphatic heterocycles. The van der Waals surface area contributed by atoms with Crippen molar-refractivity contribution in [2.75, 3.05) is 31.2 Å². The average molecular weight is 479 g/mol. The molecule has 2 aromatic heterocycles. The molecule has 0 radical (unpaired) electrons. The molecule has 1 saturated heterocycles. The van der Waals surface area contributed by atoms with E-state index in [1.165, 1.54) is 15.9 Å². The molecule has 0 bridgehead atoms. The summed E-state index contributed by atoms with van der Waals surface area (Å²) in [7, 11) is 1.61. The number of halogens is 1. The summed E-state index contributed by atoms with van der Waals surface area (Å²) in [6.07, 6.45) is 0. The topological polar surface area (TPSA) is 69.4 Å². The molecule has 3 heterocycles. The van der Waals surface area contributed by atoms with Crippen molar-refractivity contribution < 1.29 is 4.74 Å². The van der Waals surface area contributed by atoms with Crippen molar-refractivity contribution in [2.24, 2.45) is 7.05 Å². The molecule has 0 amide bonds. The van der Waals surface area contributed by atoms with Crippen molar-refractivity contribution in [2.45, 2.75) is 0 Å². The number of thiazole rings is 1. The highest BCUT2D eigenvalue weighted by Gasteiger charge is 2.22. The van der Waals surface area contributed by atoms with Crippen LogP contribution in [0.1, 0.15) is 11.1 Å². The van der Waals surface area contributed by atoms with Gasteiger partial charge in [0.2, 0.25) is 0 Å². The van der Waals surface area contributed by atoms with Crippen molar-refractivity contribution in [1.29, 1.82) is 0 Å². The van der Waals surface area contributed by atoms with Crippen LogP contribution >= 0.6 is 22.9 Å². The lowest BCUT2D eigenvalue weighted by Crippen LogP contribution is -2.37. The third-order valence-corrected chi connectivity index (χ3v) is 6.78. The number of aryl methyl sites for hydroxylation is 1. The van der Waals surface area contributed by atoms with Gasteiger partial charge in [-0.15, -0.1) is 0 Å². The Morgan fingerprint density at radius 2 is 1.76 bits per heavy atom. The SMILES string of the molecule is Cn1c(=O)n(-c2ccc(C#Cc3ccccc3)cc2Cl)c(=O)c2sc(N3CCOCC3)nc21. The quantitative estimate of drug-likeness (QED) is 0.414. The van der Waals surface area contributed by atoms with Gasteiger partial charge >= 0.3 is 5.69 Å². The van der Waals surface area contributed by atoms with Gasteiger partial charge in [-0.1, -0.05) is 53.0 Å². The first-order chi connectivity index (χ1) is 16.0. The summed E-state index contributed by atoms with van der Waals surface area (Å²) in [6.45, 7) is 2.60. The predicted octanol–water partition coefficient (Wildman–Crippen LogP) is 3.04. The first-order valence-electron chi connectivity index (χ1n) is 10.4. The smallest absolute Gasteiger partial charge is 0.337 e. The highest BCUT2D eigenvalue weighted by Crippen LogP contribution is 2.27. The molecule has 9 heteroatoms. The third-order valence-electron chi connectivity index (χ3n) is 5.39. The van der Waals surface area contributed by atoms with Crippen LogP contribution in [0.4, 0.5) is 5.13 Å². The Hall–Kier alpha value is -3.38. The molecule has 1 fully saturated rings. The largest absolute Gasteiger partial charge is 0.378 e. The second-order valence-electron chi connectivity index (χ2n) is 7.51. The molecule has 0 N–H and O–H groups in total. The number of anilines is 1. The van der Waals surface area contributed by atoms with Crippen LogP contribution in [0, 0.1) is 11.8 Å². The fourth-order valence-electron chi connectivity index (χ4n) is 3.63. The van der Waals surface area contributed by atoms with Crippen LogP contribution in [-0.2, 0) is 11.8 Å². The van der Waals surface area contributed by atoms with Crippen LogP contribution in [-0.4, -0.2) is 40.4 Å². The van der Waals surface area contributed by atoms with E-state index in [0.29, 0.717) is 53.0 Å². The highest BCUT2D eigenvalue weighted by atomic mass is 35.5. The number of rotatable bonds is 2. The van der Waals surface area contributed by atoms with Crippen LogP contribution in [0.2, 0.25) is 5.02 Å². The molecule has 0 saturated carbocycles. The minimum absolute atomic E-state index is 0.270. The maximum absolute atomic E-state index is 13.3. The lowest BCUT2D eigenvalue weighted by molar-refractivity contribution is 0.122. The highest BCUT2D eigenvalue weighted by molar-refractivity contribution is 7.22. The molecule has 7 nitrogen and oxygen atoms in total. The number of benzene rings is 2. The first kappa shape index (κ1) is 21.5. The van der Waals surface area contributed by atoms with E-state index >= 15 is 0 Å². The fraction of sp³-hybridized carbons (Fsp3) is 0.208. The van der Waals surface area contributed by atoms with Crippen LogP contribution in [0.5, 0.6) is 0 Å². The molecule has 5 rings (SSSR count). The molecule has 0 aliphatic carbocycles. The molecule has 1 aliphatic rings. The van der Waals surface area contributed by atoms with Crippen LogP contribution in [0.3, 0.4) is 0 Å². The summed E-state index contributed by atoms with van der Waals surface area (Å²) in [5.41, 5.74) is 1.32. The molecule has 4 aromatic rings. The van der Waals surface area contributed by atoms with Gasteiger partial charge in [0.25, 0.3) is 5.56 Å². The zero-order valence-corrected chi connectivity index (χ0v) is 19.3. The van der Waals surface area contributed by atoms with Crippen LogP contribution < -0.4 is 16.1 Å². The van der Waals surface area contributed by atoms with Crippen molar-refractivity contribution in [3.63, 3.8) is 0 Å². The van der Waals surface area contributed by atoms with Crippen molar-refractivity contribution in [3.05, 3.63) is 85.5 Å². The predicted molar refractivity (Wildman–Crippen MR) is 131 cm³/mol. The monoisotopic (exact) mass is 478 g/mol. The van der Waals surface area contributed by atoms with Gasteiger partial charge in [0, 0.05) is 31.3 Å². The van der Waals surface area contributed by atoms with Gasteiger partial charge in [-0.05, 0) is 30.3 Å². The van der Waals surface area contributed by atoms with Crippen molar-refractivity contribution >= 4 is 38.4 Å². The summed E-state index contributed by atoms with van der Waals surface area (Å²) >= 11 is 7.79. The second-order valence-corrected chi connectivity index (χ2v) is 8.90. The van der Waals surface area contributed by atoms with E-state index < -0.39 is 11.2 Å². The Morgan fingerprint density at radius 1 is 1.03 bits per heavy atom. The van der Waals surface area contributed by atoms with Crippen LogP contribution in [0.15, 0.2) is 58.1 Å². The summed E-state index contributed by atoms with van der Waals surface area (Å²) in [6, 6.07) is 14.7. The Morgan fingerprint density at radius 3 is 2.48 bits per heavy atom. The zero-order chi connectivity index (χ0) is 22.9. The Labute approximate surface area is 198 Å². The number of morpholine rings is 1. The molecule has 0 atom stereocenters. The first-order valence-corrected chi connectivity index (χ1v) is 11.5. The minimum Gasteiger partial charge on any atom is -0.378 e. The standard InChI is InChI=1S/C24H19ClN4O3S/c1-27-21-20(33-23(26-21)28-11-13-32-14-12-28)22(30)29(24(27)31)19-10-9-17(15-18(19)25)8-7-16-5-3-2-4-6-16/h2-6,9-10,15H,11-14H2,1H3. The minimum atomic E-state index is -0.503. The van der Waals surface area contributed by atoms with Crippen molar-refractivity contribution in [3.8, 4) is 17.5 Å². The van der Waals surface area contributed by atoms with E-state index in [-0.39, 0.29) is 5.02 Å². The van der Waals surface area contributed by atoms with E-state index in [0.717, 1.165) is 10.1 Å². The maximum Gasteiger partial charge on any atom is 0.337 e. The molecule has 0 spiro atoms. The number of ether oxygens (including phenoxy) is 1. The lowest BCUT2D eigenvalue weighted by Gasteiger charge is -2.25. The van der Waals surface area contributed by atoms with Gasteiger partial charge in [0.05, 0.1) is 23.9 Å². The van der Waals surface area contributed by atoms with Gasteiger partial charge in [-0.2, -0.15) is 0 Å². The summed E-state index contributed by atoms with van der Waals surface area (Å²) in [5.74, 6) is 6.14. The number of hydrogen-bond donors (Lipinski definition) is 0. The normalized spacial score (nSPS) is 13.7. The number of nitrogens with zero attached hydrogens (tertiary/aromatic N) is 4. The van der Waals surface area contributed by atoms with E-state index in [1.807, 2.05) is 30.3 Å². The van der Waals surface area contributed by atoms with Gasteiger partial charge in [-0.25, -0.2) is 14.3 Å². The van der Waals surface area contributed by atoms with Gasteiger partial charge in [-0.3, -0.25) is 9.36 Å². The van der Waals surface area contributed by atoms with E-state index in [4.69, 9.17) is 16.3 Å². The Balaban J connectivity index is 1.57. The number of fused-ring (bicyclic) bond motifs is 1.